The number of para-hydroxylation sites is 1. The summed E-state index contributed by atoms with van der Waals surface area (Å²) in [6.07, 6.45) is 0. The Morgan fingerprint density at radius 1 is 0.969 bits per heavy atom. The number of benzene rings is 3. The average Bonchev–Trinajstić information content (AvgIpc) is 3.10. The second-order valence-electron chi connectivity index (χ2n) is 7.54. The molecule has 6 heteroatoms. The van der Waals surface area contributed by atoms with E-state index in [1.165, 1.54) is 0 Å². The number of ether oxygens (including phenoxy) is 1. The Kier molecular flexibility index (Phi) is 6.57. The SMILES string of the molecule is CC(=O)N(Cc1ccccc1)Cc1c(C)nn(-c2cccc(Cl)c2)c1Oc1ccccc1. The van der Waals surface area contributed by atoms with Crippen molar-refractivity contribution in [1.29, 1.82) is 0 Å². The molecule has 1 amide bonds. The van der Waals surface area contributed by atoms with Crippen LogP contribution in [-0.2, 0) is 17.9 Å². The number of nitrogens with zero attached hydrogens (tertiary/aromatic N) is 3. The van der Waals surface area contributed by atoms with Gasteiger partial charge in [0, 0.05) is 18.5 Å². The number of hydrogen-bond acceptors (Lipinski definition) is 3. The molecule has 162 valence electrons. The first-order valence-corrected chi connectivity index (χ1v) is 10.8. The largest absolute Gasteiger partial charge is 0.439 e. The van der Waals surface area contributed by atoms with Crippen LogP contribution >= 0.6 is 11.6 Å². The van der Waals surface area contributed by atoms with E-state index in [9.17, 15) is 4.79 Å². The van der Waals surface area contributed by atoms with Crippen LogP contribution in [0.2, 0.25) is 5.02 Å². The normalized spacial score (nSPS) is 10.7. The first kappa shape index (κ1) is 21.7. The maximum atomic E-state index is 12.5. The van der Waals surface area contributed by atoms with Crippen LogP contribution in [0.3, 0.4) is 0 Å². The van der Waals surface area contributed by atoms with Gasteiger partial charge in [0.15, 0.2) is 0 Å². The zero-order chi connectivity index (χ0) is 22.5. The van der Waals surface area contributed by atoms with E-state index in [4.69, 9.17) is 21.4 Å². The van der Waals surface area contributed by atoms with Gasteiger partial charge >= 0.3 is 0 Å². The van der Waals surface area contributed by atoms with Crippen LogP contribution in [0.15, 0.2) is 84.9 Å². The summed E-state index contributed by atoms with van der Waals surface area (Å²) in [5.74, 6) is 1.24. The molecule has 1 aromatic heterocycles. The molecular formula is C26H24ClN3O2. The van der Waals surface area contributed by atoms with Gasteiger partial charge in [-0.15, -0.1) is 0 Å². The first-order chi connectivity index (χ1) is 15.5. The molecule has 1 heterocycles. The monoisotopic (exact) mass is 445 g/mol. The van der Waals surface area contributed by atoms with Gasteiger partial charge < -0.3 is 9.64 Å². The summed E-state index contributed by atoms with van der Waals surface area (Å²) in [5.41, 5.74) is 3.48. The Bertz CT molecular complexity index is 1210. The molecule has 0 fully saturated rings. The van der Waals surface area contributed by atoms with Crippen molar-refractivity contribution < 1.29 is 9.53 Å². The Morgan fingerprint density at radius 2 is 1.66 bits per heavy atom. The molecule has 0 spiro atoms. The summed E-state index contributed by atoms with van der Waals surface area (Å²) in [7, 11) is 0. The third-order valence-electron chi connectivity index (χ3n) is 5.16. The van der Waals surface area contributed by atoms with Gasteiger partial charge in [0.1, 0.15) is 5.75 Å². The predicted octanol–water partition coefficient (Wildman–Crippen LogP) is 6.18. The molecule has 0 saturated heterocycles. The number of carbonyl (C=O) groups is 1. The van der Waals surface area contributed by atoms with Crippen molar-refractivity contribution >= 4 is 17.5 Å². The lowest BCUT2D eigenvalue weighted by Gasteiger charge is -2.22. The minimum absolute atomic E-state index is 0.0191. The van der Waals surface area contributed by atoms with Gasteiger partial charge in [-0.3, -0.25) is 4.79 Å². The van der Waals surface area contributed by atoms with E-state index in [1.807, 2.05) is 91.9 Å². The van der Waals surface area contributed by atoms with Crippen molar-refractivity contribution in [2.75, 3.05) is 0 Å². The van der Waals surface area contributed by atoms with Crippen LogP contribution in [0.5, 0.6) is 11.6 Å². The molecule has 0 atom stereocenters. The minimum Gasteiger partial charge on any atom is -0.439 e. The standard InChI is InChI=1S/C26H24ClN3O2/c1-19-25(18-29(20(2)31)17-21-10-5-3-6-11-21)26(32-24-14-7-4-8-15-24)30(28-19)23-13-9-12-22(27)16-23/h3-16H,17-18H2,1-2H3. The smallest absolute Gasteiger partial charge is 0.227 e. The molecule has 0 N–H and O–H groups in total. The Labute approximate surface area is 192 Å². The molecule has 0 saturated carbocycles. The minimum atomic E-state index is -0.0191. The lowest BCUT2D eigenvalue weighted by Crippen LogP contribution is -2.28. The second kappa shape index (κ2) is 9.71. The molecule has 4 aromatic rings. The van der Waals surface area contributed by atoms with Crippen molar-refractivity contribution in [2.24, 2.45) is 0 Å². The fraction of sp³-hybridized carbons (Fsp3) is 0.154. The molecular weight excluding hydrogens is 422 g/mol. The predicted molar refractivity (Wildman–Crippen MR) is 126 cm³/mol. The van der Waals surface area contributed by atoms with Gasteiger partial charge in [0.2, 0.25) is 11.8 Å². The molecule has 0 radical (unpaired) electrons. The van der Waals surface area contributed by atoms with Crippen molar-refractivity contribution in [2.45, 2.75) is 26.9 Å². The lowest BCUT2D eigenvalue weighted by atomic mass is 10.2. The maximum absolute atomic E-state index is 12.5. The van der Waals surface area contributed by atoms with Crippen LogP contribution < -0.4 is 4.74 Å². The van der Waals surface area contributed by atoms with Gasteiger partial charge in [-0.2, -0.15) is 5.10 Å². The van der Waals surface area contributed by atoms with E-state index in [-0.39, 0.29) is 5.91 Å². The molecule has 0 aliphatic carbocycles. The van der Waals surface area contributed by atoms with Crippen molar-refractivity contribution in [3.63, 3.8) is 0 Å². The lowest BCUT2D eigenvalue weighted by molar-refractivity contribution is -0.130. The number of hydrogen-bond donors (Lipinski definition) is 0. The fourth-order valence-electron chi connectivity index (χ4n) is 3.48. The third kappa shape index (κ3) is 5.01. The van der Waals surface area contributed by atoms with Crippen molar-refractivity contribution in [3.05, 3.63) is 107 Å². The highest BCUT2D eigenvalue weighted by atomic mass is 35.5. The quantitative estimate of drug-likeness (QED) is 0.341. The van der Waals surface area contributed by atoms with Crippen LogP contribution in [0.25, 0.3) is 5.69 Å². The summed E-state index contributed by atoms with van der Waals surface area (Å²) in [4.78, 5) is 14.3. The summed E-state index contributed by atoms with van der Waals surface area (Å²) >= 11 is 6.24. The number of aromatic nitrogens is 2. The summed E-state index contributed by atoms with van der Waals surface area (Å²) < 4.78 is 8.05. The molecule has 0 bridgehead atoms. The van der Waals surface area contributed by atoms with E-state index in [0.29, 0.717) is 29.7 Å². The van der Waals surface area contributed by atoms with Crippen LogP contribution in [0.4, 0.5) is 0 Å². The molecule has 5 nitrogen and oxygen atoms in total. The highest BCUT2D eigenvalue weighted by Gasteiger charge is 2.22. The fourth-order valence-corrected chi connectivity index (χ4v) is 3.67. The van der Waals surface area contributed by atoms with E-state index < -0.39 is 0 Å². The highest BCUT2D eigenvalue weighted by Crippen LogP contribution is 2.32. The van der Waals surface area contributed by atoms with Gasteiger partial charge in [-0.1, -0.05) is 66.2 Å². The van der Waals surface area contributed by atoms with E-state index >= 15 is 0 Å². The molecule has 32 heavy (non-hydrogen) atoms. The van der Waals surface area contributed by atoms with Crippen LogP contribution in [-0.4, -0.2) is 20.6 Å². The van der Waals surface area contributed by atoms with Gasteiger partial charge in [-0.25, -0.2) is 4.68 Å². The molecule has 0 aliphatic heterocycles. The number of amides is 1. The Balaban J connectivity index is 1.75. The summed E-state index contributed by atoms with van der Waals surface area (Å²) in [5, 5.41) is 5.34. The maximum Gasteiger partial charge on any atom is 0.227 e. The zero-order valence-electron chi connectivity index (χ0n) is 18.0. The summed E-state index contributed by atoms with van der Waals surface area (Å²) in [6, 6.07) is 26.9. The number of rotatable bonds is 7. The van der Waals surface area contributed by atoms with E-state index in [2.05, 4.69) is 0 Å². The average molecular weight is 446 g/mol. The third-order valence-corrected chi connectivity index (χ3v) is 5.39. The van der Waals surface area contributed by atoms with Crippen molar-refractivity contribution in [1.82, 2.24) is 14.7 Å². The highest BCUT2D eigenvalue weighted by molar-refractivity contribution is 6.30. The van der Waals surface area contributed by atoms with Crippen LogP contribution in [0.1, 0.15) is 23.7 Å². The Hall–Kier alpha value is -3.57. The summed E-state index contributed by atoms with van der Waals surface area (Å²) in [6.45, 7) is 4.38. The van der Waals surface area contributed by atoms with Gasteiger partial charge in [0.25, 0.3) is 0 Å². The molecule has 3 aromatic carbocycles. The first-order valence-electron chi connectivity index (χ1n) is 10.4. The van der Waals surface area contributed by atoms with E-state index in [1.54, 1.807) is 16.5 Å². The van der Waals surface area contributed by atoms with Crippen LogP contribution in [0, 0.1) is 6.92 Å². The Morgan fingerprint density at radius 3 is 2.31 bits per heavy atom. The van der Waals surface area contributed by atoms with Crippen molar-refractivity contribution in [3.8, 4) is 17.3 Å². The topological polar surface area (TPSA) is 47.4 Å². The molecule has 4 rings (SSSR count). The number of carbonyl (C=O) groups excluding carboxylic acids is 1. The van der Waals surface area contributed by atoms with Gasteiger partial charge in [0.05, 0.1) is 23.5 Å². The molecule has 0 unspecified atom stereocenters. The number of aryl methyl sites for hydroxylation is 1. The zero-order valence-corrected chi connectivity index (χ0v) is 18.8. The van der Waals surface area contributed by atoms with E-state index in [0.717, 1.165) is 22.5 Å². The number of halogens is 1. The second-order valence-corrected chi connectivity index (χ2v) is 7.97. The molecule has 0 aliphatic rings. The van der Waals surface area contributed by atoms with Gasteiger partial charge in [-0.05, 0) is 42.8 Å².